The first-order valence-electron chi connectivity index (χ1n) is 5.55. The van der Waals surface area contributed by atoms with E-state index in [1.807, 2.05) is 24.3 Å². The van der Waals surface area contributed by atoms with Crippen LogP contribution >= 0.6 is 0 Å². The Morgan fingerprint density at radius 1 is 1.24 bits per heavy atom. The molecule has 4 nitrogen and oxygen atoms in total. The number of benzene rings is 1. The largest absolute Gasteiger partial charge is 0.469 e. The maximum Gasteiger partial charge on any atom is 0.305 e. The molecule has 0 aliphatic rings. The van der Waals surface area contributed by atoms with Crippen molar-refractivity contribution >= 4 is 17.6 Å². The molecule has 0 saturated carbocycles. The summed E-state index contributed by atoms with van der Waals surface area (Å²) in [6, 6.07) is 7.61. The topological polar surface area (TPSA) is 55.4 Å². The zero-order valence-corrected chi connectivity index (χ0v) is 10.2. The van der Waals surface area contributed by atoms with Gasteiger partial charge in [0.25, 0.3) is 0 Å². The number of hydrogen-bond acceptors (Lipinski definition) is 3. The Hall–Kier alpha value is -1.84. The van der Waals surface area contributed by atoms with E-state index >= 15 is 0 Å². The number of rotatable bonds is 5. The fourth-order valence-electron chi connectivity index (χ4n) is 1.50. The Balaban J connectivity index is 2.40. The van der Waals surface area contributed by atoms with Crippen LogP contribution in [0.4, 0.5) is 5.69 Å². The van der Waals surface area contributed by atoms with Crippen LogP contribution in [-0.4, -0.2) is 19.0 Å². The Morgan fingerprint density at radius 2 is 1.88 bits per heavy atom. The Morgan fingerprint density at radius 3 is 2.41 bits per heavy atom. The van der Waals surface area contributed by atoms with Crippen molar-refractivity contribution in [1.82, 2.24) is 0 Å². The number of esters is 1. The van der Waals surface area contributed by atoms with Gasteiger partial charge in [0, 0.05) is 19.0 Å². The van der Waals surface area contributed by atoms with Crippen molar-refractivity contribution in [3.63, 3.8) is 0 Å². The molecule has 1 aromatic rings. The molecule has 1 rings (SSSR count). The zero-order valence-electron chi connectivity index (χ0n) is 10.2. The minimum Gasteiger partial charge on any atom is -0.469 e. The molecule has 0 aliphatic heterocycles. The Labute approximate surface area is 101 Å². The standard InChI is InChI=1S/C13H17NO3/c1-10(15)14-12-8-6-11(7-9-12)4-3-5-13(16)17-2/h6-9H,3-5H2,1-2H3,(H,14,15). The molecule has 1 N–H and O–H groups in total. The third-order valence-electron chi connectivity index (χ3n) is 2.35. The second-order valence-corrected chi connectivity index (χ2v) is 3.81. The summed E-state index contributed by atoms with van der Waals surface area (Å²) in [6.45, 7) is 1.48. The second-order valence-electron chi connectivity index (χ2n) is 3.81. The molecule has 0 radical (unpaired) electrons. The van der Waals surface area contributed by atoms with Gasteiger partial charge in [-0.15, -0.1) is 0 Å². The van der Waals surface area contributed by atoms with Crippen molar-refractivity contribution in [3.8, 4) is 0 Å². The highest BCUT2D eigenvalue weighted by atomic mass is 16.5. The van der Waals surface area contributed by atoms with Crippen molar-refractivity contribution in [2.24, 2.45) is 0 Å². The Kier molecular flexibility index (Phi) is 5.20. The molecular formula is C13H17NO3. The van der Waals surface area contributed by atoms with E-state index in [0.717, 1.165) is 24.1 Å². The molecule has 4 heteroatoms. The molecule has 0 aliphatic carbocycles. The molecule has 0 bridgehead atoms. The average molecular weight is 235 g/mol. The summed E-state index contributed by atoms with van der Waals surface area (Å²) in [5.74, 6) is -0.261. The van der Waals surface area contributed by atoms with E-state index < -0.39 is 0 Å². The van der Waals surface area contributed by atoms with Gasteiger partial charge in [-0.1, -0.05) is 12.1 Å². The maximum atomic E-state index is 10.9. The van der Waals surface area contributed by atoms with Gasteiger partial charge in [0.2, 0.25) is 5.91 Å². The Bertz CT molecular complexity index is 384. The lowest BCUT2D eigenvalue weighted by molar-refractivity contribution is -0.140. The predicted molar refractivity (Wildman–Crippen MR) is 65.7 cm³/mol. The summed E-state index contributed by atoms with van der Waals surface area (Å²) in [5, 5.41) is 2.70. The SMILES string of the molecule is COC(=O)CCCc1ccc(NC(C)=O)cc1. The zero-order chi connectivity index (χ0) is 12.7. The highest BCUT2D eigenvalue weighted by Gasteiger charge is 2.01. The molecule has 17 heavy (non-hydrogen) atoms. The van der Waals surface area contributed by atoms with E-state index in [9.17, 15) is 9.59 Å². The van der Waals surface area contributed by atoms with Crippen molar-refractivity contribution in [2.45, 2.75) is 26.2 Å². The van der Waals surface area contributed by atoms with E-state index in [-0.39, 0.29) is 11.9 Å². The maximum absolute atomic E-state index is 10.9. The van der Waals surface area contributed by atoms with Crippen LogP contribution in [-0.2, 0) is 20.7 Å². The number of hydrogen-bond donors (Lipinski definition) is 1. The van der Waals surface area contributed by atoms with E-state index in [1.54, 1.807) is 0 Å². The monoisotopic (exact) mass is 235 g/mol. The molecule has 0 heterocycles. The first-order chi connectivity index (χ1) is 8.11. The van der Waals surface area contributed by atoms with Crippen molar-refractivity contribution < 1.29 is 14.3 Å². The van der Waals surface area contributed by atoms with Gasteiger partial charge in [0.05, 0.1) is 7.11 Å². The van der Waals surface area contributed by atoms with Gasteiger partial charge in [-0.2, -0.15) is 0 Å². The van der Waals surface area contributed by atoms with Gasteiger partial charge in [-0.3, -0.25) is 9.59 Å². The summed E-state index contributed by atoms with van der Waals surface area (Å²) < 4.78 is 4.56. The van der Waals surface area contributed by atoms with Crippen LogP contribution in [0.2, 0.25) is 0 Å². The molecular weight excluding hydrogens is 218 g/mol. The highest BCUT2D eigenvalue weighted by molar-refractivity contribution is 5.88. The quantitative estimate of drug-likeness (QED) is 0.795. The molecule has 0 aromatic heterocycles. The molecule has 1 amide bonds. The minimum atomic E-state index is -0.181. The lowest BCUT2D eigenvalue weighted by Gasteiger charge is -2.04. The third-order valence-corrected chi connectivity index (χ3v) is 2.35. The van der Waals surface area contributed by atoms with Gasteiger partial charge < -0.3 is 10.1 Å². The summed E-state index contributed by atoms with van der Waals surface area (Å²) in [6.07, 6.45) is 2.03. The molecule has 0 unspecified atom stereocenters. The molecule has 1 aromatic carbocycles. The number of methoxy groups -OCH3 is 1. The summed E-state index contributed by atoms with van der Waals surface area (Å²) >= 11 is 0. The third kappa shape index (κ3) is 5.15. The number of nitrogens with one attached hydrogen (secondary N) is 1. The summed E-state index contributed by atoms with van der Waals surface area (Å²) in [7, 11) is 1.39. The first kappa shape index (κ1) is 13.2. The van der Waals surface area contributed by atoms with E-state index in [0.29, 0.717) is 6.42 Å². The molecule has 0 spiro atoms. The van der Waals surface area contributed by atoms with Crippen molar-refractivity contribution in [3.05, 3.63) is 29.8 Å². The van der Waals surface area contributed by atoms with E-state index in [2.05, 4.69) is 10.1 Å². The predicted octanol–water partition coefficient (Wildman–Crippen LogP) is 2.14. The number of carbonyl (C=O) groups excluding carboxylic acids is 2. The number of ether oxygens (including phenoxy) is 1. The molecule has 92 valence electrons. The highest BCUT2D eigenvalue weighted by Crippen LogP contribution is 2.11. The molecule has 0 atom stereocenters. The fourth-order valence-corrected chi connectivity index (χ4v) is 1.50. The molecule has 0 saturated heterocycles. The summed E-state index contributed by atoms with van der Waals surface area (Å²) in [5.41, 5.74) is 1.93. The van der Waals surface area contributed by atoms with Gasteiger partial charge >= 0.3 is 5.97 Å². The first-order valence-corrected chi connectivity index (χ1v) is 5.55. The van der Waals surface area contributed by atoms with Crippen LogP contribution in [0.1, 0.15) is 25.3 Å². The van der Waals surface area contributed by atoms with Crippen molar-refractivity contribution in [2.75, 3.05) is 12.4 Å². The van der Waals surface area contributed by atoms with Crippen LogP contribution in [0.15, 0.2) is 24.3 Å². The van der Waals surface area contributed by atoms with Crippen LogP contribution in [0.5, 0.6) is 0 Å². The number of aryl methyl sites for hydroxylation is 1. The van der Waals surface area contributed by atoms with Gasteiger partial charge in [-0.25, -0.2) is 0 Å². The number of carbonyl (C=O) groups is 2. The number of anilines is 1. The normalized spacial score (nSPS) is 9.76. The van der Waals surface area contributed by atoms with E-state index in [1.165, 1.54) is 14.0 Å². The number of amides is 1. The van der Waals surface area contributed by atoms with Crippen LogP contribution in [0.3, 0.4) is 0 Å². The van der Waals surface area contributed by atoms with Crippen LogP contribution in [0.25, 0.3) is 0 Å². The minimum absolute atomic E-state index is 0.0801. The van der Waals surface area contributed by atoms with Gasteiger partial charge in [0.15, 0.2) is 0 Å². The van der Waals surface area contributed by atoms with Crippen LogP contribution < -0.4 is 5.32 Å². The fraction of sp³-hybridized carbons (Fsp3) is 0.385. The second kappa shape index (κ2) is 6.68. The lowest BCUT2D eigenvalue weighted by atomic mass is 10.1. The molecule has 0 fully saturated rings. The smallest absolute Gasteiger partial charge is 0.305 e. The average Bonchev–Trinajstić information content (AvgIpc) is 2.30. The van der Waals surface area contributed by atoms with Crippen LogP contribution in [0, 0.1) is 0 Å². The van der Waals surface area contributed by atoms with Gasteiger partial charge in [0.1, 0.15) is 0 Å². The van der Waals surface area contributed by atoms with Crippen molar-refractivity contribution in [1.29, 1.82) is 0 Å². The van der Waals surface area contributed by atoms with E-state index in [4.69, 9.17) is 0 Å². The van der Waals surface area contributed by atoms with Gasteiger partial charge in [-0.05, 0) is 30.5 Å². The summed E-state index contributed by atoms with van der Waals surface area (Å²) in [4.78, 5) is 21.7. The lowest BCUT2D eigenvalue weighted by Crippen LogP contribution is -2.05.